The van der Waals surface area contributed by atoms with Crippen LogP contribution < -0.4 is 69.7 Å². The van der Waals surface area contributed by atoms with Crippen LogP contribution in [0.2, 0.25) is 0 Å². The van der Waals surface area contributed by atoms with Crippen LogP contribution in [0, 0.1) is 0 Å². The number of carbonyl (C=O) groups is 4. The normalized spacial score (nSPS) is 12.1. The second-order valence-electron chi connectivity index (χ2n) is 8.99. The Morgan fingerprint density at radius 3 is 1.25 bits per heavy atom. The summed E-state index contributed by atoms with van der Waals surface area (Å²) in [5.74, 6) is -3.12. The number of fused-ring (bicyclic) bond motifs is 2. The zero-order chi connectivity index (χ0) is 30.4. The van der Waals surface area contributed by atoms with Crippen LogP contribution >= 0.6 is 0 Å². The Morgan fingerprint density at radius 2 is 0.909 bits per heavy atom. The number of amides is 2. The van der Waals surface area contributed by atoms with E-state index >= 15 is 0 Å². The van der Waals surface area contributed by atoms with E-state index in [0.29, 0.717) is 0 Å². The fraction of sp³-hybridized carbons (Fsp3) is 0. The summed E-state index contributed by atoms with van der Waals surface area (Å²) >= 11 is 0. The zero-order valence-electron chi connectivity index (χ0n) is 23.0. The molecule has 0 aliphatic heterocycles. The first kappa shape index (κ1) is 35.5. The Balaban J connectivity index is 0.00000264. The van der Waals surface area contributed by atoms with E-state index in [1.54, 1.807) is 0 Å². The zero-order valence-corrected chi connectivity index (χ0v) is 28.6. The van der Waals surface area contributed by atoms with Gasteiger partial charge in [0.05, 0.1) is 32.3 Å². The Labute approximate surface area is 295 Å². The minimum absolute atomic E-state index is 0. The van der Waals surface area contributed by atoms with Crippen molar-refractivity contribution in [2.45, 2.75) is 9.79 Å². The summed E-state index contributed by atoms with van der Waals surface area (Å²) in [4.78, 5) is 52.0. The van der Waals surface area contributed by atoms with Crippen LogP contribution in [-0.2, 0) is 20.2 Å². The fourth-order valence-corrected chi connectivity index (χ4v) is 5.44. The summed E-state index contributed by atoms with van der Waals surface area (Å²) in [6.07, 6.45) is 0. The van der Waals surface area contributed by atoms with Crippen LogP contribution in [0.5, 0.6) is 0 Å². The SMILES string of the molecule is O=C(Nc1ccc(NC(=O)c2cccc(S(=O)(=O)[O-])c2)c2c1C(=O)c1ccccc1C2=O)c1cccc(S(=O)(=O)[O-])c1.[Na+].[Na+]. The van der Waals surface area contributed by atoms with Gasteiger partial charge in [0.25, 0.3) is 11.8 Å². The van der Waals surface area contributed by atoms with Crippen molar-refractivity contribution in [3.05, 3.63) is 118 Å². The standard InChI is InChI=1S/C28H18N2O10S2.2Na/c31-25-19-9-1-2-10-20(19)26(32)24-22(30-28(34)16-6-4-8-18(14-16)42(38,39)40)12-11-21(23(24)25)29-27(33)15-5-3-7-17(13-15)41(35,36)37;;/h1-14H,(H,29,33)(H,30,34)(H,35,36,37)(H,38,39,40);;/q;2*+1/p-2. The first-order valence-corrected chi connectivity index (χ1v) is 14.7. The van der Waals surface area contributed by atoms with Gasteiger partial charge < -0.3 is 19.7 Å². The Bertz CT molecular complexity index is 1930. The molecular formula is C28H16N2Na2O10S2. The molecule has 0 fully saturated rings. The molecule has 4 aromatic carbocycles. The third kappa shape index (κ3) is 7.10. The molecule has 5 rings (SSSR count). The molecule has 0 bridgehead atoms. The van der Waals surface area contributed by atoms with Crippen LogP contribution in [0.3, 0.4) is 0 Å². The van der Waals surface area contributed by atoms with Crippen molar-refractivity contribution in [1.82, 2.24) is 0 Å². The minimum atomic E-state index is -4.87. The van der Waals surface area contributed by atoms with Crippen LogP contribution in [0.4, 0.5) is 11.4 Å². The number of benzene rings is 4. The molecule has 1 aliphatic carbocycles. The molecule has 0 aromatic heterocycles. The van der Waals surface area contributed by atoms with Crippen molar-refractivity contribution in [2.75, 3.05) is 10.6 Å². The van der Waals surface area contributed by atoms with Crippen LogP contribution in [0.25, 0.3) is 0 Å². The number of hydrogen-bond acceptors (Lipinski definition) is 10. The van der Waals surface area contributed by atoms with Crippen LogP contribution in [0.1, 0.15) is 52.6 Å². The molecule has 0 heterocycles. The number of nitrogens with one attached hydrogen (secondary N) is 2. The van der Waals surface area contributed by atoms with Gasteiger partial charge in [0.1, 0.15) is 20.2 Å². The molecule has 16 heteroatoms. The van der Waals surface area contributed by atoms with E-state index in [9.17, 15) is 45.1 Å². The maximum absolute atomic E-state index is 13.6. The third-order valence-electron chi connectivity index (χ3n) is 6.34. The Kier molecular flexibility index (Phi) is 10.9. The van der Waals surface area contributed by atoms with E-state index < -0.39 is 53.4 Å². The van der Waals surface area contributed by atoms with Crippen molar-refractivity contribution >= 4 is 55.0 Å². The van der Waals surface area contributed by atoms with Gasteiger partial charge in [-0.2, -0.15) is 0 Å². The van der Waals surface area contributed by atoms with Crippen molar-refractivity contribution < 1.29 is 104 Å². The maximum atomic E-state index is 13.6. The van der Waals surface area contributed by atoms with Gasteiger partial charge in [-0.3, -0.25) is 19.2 Å². The van der Waals surface area contributed by atoms with E-state index in [1.165, 1.54) is 60.7 Å². The molecule has 212 valence electrons. The van der Waals surface area contributed by atoms with Crippen molar-refractivity contribution in [3.8, 4) is 0 Å². The van der Waals surface area contributed by atoms with Crippen molar-refractivity contribution in [3.63, 3.8) is 0 Å². The molecule has 0 spiro atoms. The van der Waals surface area contributed by atoms with E-state index in [-0.39, 0.29) is 104 Å². The number of carbonyl (C=O) groups excluding carboxylic acids is 4. The van der Waals surface area contributed by atoms with Crippen molar-refractivity contribution in [2.24, 2.45) is 0 Å². The predicted molar refractivity (Wildman–Crippen MR) is 144 cm³/mol. The van der Waals surface area contributed by atoms with Crippen LogP contribution in [0.15, 0.2) is 94.7 Å². The average molecular weight is 651 g/mol. The fourth-order valence-electron chi connectivity index (χ4n) is 4.41. The van der Waals surface area contributed by atoms with Gasteiger partial charge in [-0.25, -0.2) is 16.8 Å². The molecule has 2 N–H and O–H groups in total. The number of anilines is 2. The van der Waals surface area contributed by atoms with Gasteiger partial charge in [-0.15, -0.1) is 0 Å². The van der Waals surface area contributed by atoms with E-state index in [4.69, 9.17) is 0 Å². The summed E-state index contributed by atoms with van der Waals surface area (Å²) < 4.78 is 68.4. The Morgan fingerprint density at radius 1 is 0.545 bits per heavy atom. The van der Waals surface area contributed by atoms with Crippen LogP contribution in [-0.4, -0.2) is 49.3 Å². The second kappa shape index (κ2) is 13.5. The van der Waals surface area contributed by atoms with E-state index in [0.717, 1.165) is 24.3 Å². The predicted octanol–water partition coefficient (Wildman–Crippen LogP) is -3.22. The molecule has 0 saturated heterocycles. The number of hydrogen-bond donors (Lipinski definition) is 2. The van der Waals surface area contributed by atoms with Gasteiger partial charge in [-0.1, -0.05) is 36.4 Å². The topological polar surface area (TPSA) is 207 Å². The molecule has 0 unspecified atom stereocenters. The van der Waals surface area contributed by atoms with Gasteiger partial charge in [0.15, 0.2) is 11.6 Å². The first-order chi connectivity index (χ1) is 19.8. The third-order valence-corrected chi connectivity index (χ3v) is 8.00. The van der Waals surface area contributed by atoms with Crippen molar-refractivity contribution in [1.29, 1.82) is 0 Å². The second-order valence-corrected chi connectivity index (χ2v) is 11.7. The molecule has 0 atom stereocenters. The summed E-state index contributed by atoms with van der Waals surface area (Å²) in [7, 11) is -9.73. The average Bonchev–Trinajstić information content (AvgIpc) is 2.95. The quantitative estimate of drug-likeness (QED) is 0.139. The molecular weight excluding hydrogens is 634 g/mol. The van der Waals surface area contributed by atoms with Gasteiger partial charge in [0, 0.05) is 22.3 Å². The smallest absolute Gasteiger partial charge is 0.744 e. The molecule has 44 heavy (non-hydrogen) atoms. The summed E-state index contributed by atoms with van der Waals surface area (Å²) in [6.45, 7) is 0. The molecule has 1 aliphatic rings. The molecule has 4 aromatic rings. The number of ketones is 2. The van der Waals surface area contributed by atoms with Gasteiger partial charge in [0.2, 0.25) is 0 Å². The first-order valence-electron chi connectivity index (χ1n) is 11.9. The van der Waals surface area contributed by atoms with E-state index in [1.807, 2.05) is 0 Å². The summed E-state index contributed by atoms with van der Waals surface area (Å²) in [5.41, 5.74) is -1.21. The van der Waals surface area contributed by atoms with Gasteiger partial charge in [-0.05, 0) is 48.5 Å². The summed E-state index contributed by atoms with van der Waals surface area (Å²) in [5, 5.41) is 4.92. The van der Waals surface area contributed by atoms with Gasteiger partial charge >= 0.3 is 59.1 Å². The molecule has 0 radical (unpaired) electrons. The minimum Gasteiger partial charge on any atom is -0.744 e. The molecule has 2 amide bonds. The monoisotopic (exact) mass is 650 g/mol. The molecule has 12 nitrogen and oxygen atoms in total. The van der Waals surface area contributed by atoms with E-state index in [2.05, 4.69) is 10.6 Å². The largest absolute Gasteiger partial charge is 1.00 e. The maximum Gasteiger partial charge on any atom is 1.00 e. The summed E-state index contributed by atoms with van der Waals surface area (Å²) in [6, 6.07) is 16.9. The molecule has 0 saturated carbocycles. The number of rotatable bonds is 6. The Hall–Kier alpha value is -3.02.